The van der Waals surface area contributed by atoms with E-state index in [2.05, 4.69) is 26.5 Å². The maximum Gasteiger partial charge on any atom is 0.180 e. The van der Waals surface area contributed by atoms with E-state index in [-0.39, 0.29) is 0 Å². The highest BCUT2D eigenvalue weighted by molar-refractivity contribution is 9.10. The van der Waals surface area contributed by atoms with E-state index in [1.165, 1.54) is 5.69 Å². The van der Waals surface area contributed by atoms with Crippen molar-refractivity contribution in [2.75, 3.05) is 19.8 Å². The summed E-state index contributed by atoms with van der Waals surface area (Å²) in [5.74, 6) is 2.79. The van der Waals surface area contributed by atoms with E-state index in [0.717, 1.165) is 29.1 Å². The van der Waals surface area contributed by atoms with Crippen LogP contribution in [0.5, 0.6) is 5.75 Å². The number of fused-ring (bicyclic) bond motifs is 2. The Bertz CT molecular complexity index is 630. The summed E-state index contributed by atoms with van der Waals surface area (Å²) in [7, 11) is 0. The van der Waals surface area contributed by atoms with Crippen LogP contribution >= 0.6 is 15.9 Å². The molecule has 19 heavy (non-hydrogen) atoms. The second-order valence-corrected chi connectivity index (χ2v) is 6.16. The zero-order valence-corrected chi connectivity index (χ0v) is 12.3. The Morgan fingerprint density at radius 1 is 1.42 bits per heavy atom. The predicted molar refractivity (Wildman–Crippen MR) is 74.6 cm³/mol. The largest absolute Gasteiger partial charge is 0.490 e. The molecule has 5 heteroatoms. The Balaban J connectivity index is 1.76. The molecule has 0 amide bonds. The molecular weight excluding hydrogens is 308 g/mol. The summed E-state index contributed by atoms with van der Waals surface area (Å²) in [6.07, 6.45) is 4.16. The zero-order valence-electron chi connectivity index (χ0n) is 10.7. The topological polar surface area (TPSA) is 35.8 Å². The molecule has 2 aromatic rings. The minimum Gasteiger partial charge on any atom is -0.490 e. The van der Waals surface area contributed by atoms with Gasteiger partial charge in [0, 0.05) is 22.8 Å². The highest BCUT2D eigenvalue weighted by Gasteiger charge is 2.55. The summed E-state index contributed by atoms with van der Waals surface area (Å²) < 4.78 is 14.2. The van der Waals surface area contributed by atoms with Gasteiger partial charge >= 0.3 is 0 Å². The maximum absolute atomic E-state index is 5.67. The van der Waals surface area contributed by atoms with Crippen LogP contribution < -0.4 is 4.74 Å². The normalized spacial score (nSPS) is 28.6. The van der Waals surface area contributed by atoms with E-state index in [1.807, 2.05) is 19.2 Å². The number of hydrogen-bond acceptors (Lipinski definition) is 3. The Kier molecular flexibility index (Phi) is 2.60. The van der Waals surface area contributed by atoms with Gasteiger partial charge in [-0.15, -0.1) is 0 Å². The smallest absolute Gasteiger partial charge is 0.180 e. The lowest BCUT2D eigenvalue weighted by molar-refractivity contribution is 0.160. The van der Waals surface area contributed by atoms with Crippen molar-refractivity contribution in [3.63, 3.8) is 0 Å². The molecule has 4 nitrogen and oxygen atoms in total. The van der Waals surface area contributed by atoms with E-state index in [1.54, 1.807) is 0 Å². The van der Waals surface area contributed by atoms with Gasteiger partial charge in [-0.3, -0.25) is 0 Å². The average Bonchev–Trinajstić information content (AvgIpc) is 2.79. The molecule has 2 aliphatic rings. The predicted octanol–water partition coefficient (Wildman–Crippen LogP) is 2.86. The molecule has 4 rings (SSSR count). The van der Waals surface area contributed by atoms with Crippen LogP contribution in [-0.2, 0) is 4.74 Å². The van der Waals surface area contributed by atoms with Crippen molar-refractivity contribution in [2.24, 2.45) is 11.8 Å². The molecule has 2 fully saturated rings. The number of ether oxygens (including phenoxy) is 2. The first-order valence-electron chi connectivity index (χ1n) is 6.66. The number of imidazole rings is 1. The van der Waals surface area contributed by atoms with Crippen molar-refractivity contribution in [3.8, 4) is 5.75 Å². The molecule has 1 saturated carbocycles. The Hall–Kier alpha value is -1.07. The fraction of sp³-hybridized carbons (Fsp3) is 0.500. The van der Waals surface area contributed by atoms with Crippen molar-refractivity contribution in [3.05, 3.63) is 28.6 Å². The van der Waals surface area contributed by atoms with Gasteiger partial charge in [-0.05, 0) is 40.8 Å². The van der Waals surface area contributed by atoms with Gasteiger partial charge in [0.2, 0.25) is 0 Å². The monoisotopic (exact) mass is 322 g/mol. The van der Waals surface area contributed by atoms with Crippen LogP contribution in [0.25, 0.3) is 5.65 Å². The quantitative estimate of drug-likeness (QED) is 0.871. The molecule has 2 aromatic heterocycles. The van der Waals surface area contributed by atoms with E-state index in [0.29, 0.717) is 24.4 Å². The Morgan fingerprint density at radius 2 is 2.21 bits per heavy atom. The molecule has 100 valence electrons. The first-order valence-corrected chi connectivity index (χ1v) is 7.46. The van der Waals surface area contributed by atoms with Gasteiger partial charge in [0.25, 0.3) is 0 Å². The molecular formula is C14H15BrN2O2. The van der Waals surface area contributed by atoms with Gasteiger partial charge in [0.1, 0.15) is 0 Å². The van der Waals surface area contributed by atoms with E-state index in [4.69, 9.17) is 14.5 Å². The third-order valence-electron chi connectivity index (χ3n) is 4.10. The summed E-state index contributed by atoms with van der Waals surface area (Å²) in [4.78, 5) is 4.78. The lowest BCUT2D eigenvalue weighted by atomic mass is 10.2. The molecule has 1 aliphatic heterocycles. The summed E-state index contributed by atoms with van der Waals surface area (Å²) in [5, 5.41) is 0. The summed E-state index contributed by atoms with van der Waals surface area (Å²) in [6.45, 7) is 4.43. The van der Waals surface area contributed by atoms with Crippen molar-refractivity contribution in [2.45, 2.75) is 12.8 Å². The van der Waals surface area contributed by atoms with Gasteiger partial charge in [-0.25, -0.2) is 4.98 Å². The SMILES string of the molecule is CCOc1cc(Br)cn2cc([C@@H]3[C@@H]4COC[C@@H]43)nc12. The lowest BCUT2D eigenvalue weighted by Crippen LogP contribution is -1.97. The van der Waals surface area contributed by atoms with Crippen molar-refractivity contribution in [1.82, 2.24) is 9.38 Å². The van der Waals surface area contributed by atoms with Crippen molar-refractivity contribution < 1.29 is 9.47 Å². The van der Waals surface area contributed by atoms with Gasteiger partial charge in [0.05, 0.1) is 25.5 Å². The maximum atomic E-state index is 5.67. The summed E-state index contributed by atoms with van der Waals surface area (Å²) >= 11 is 3.52. The first kappa shape index (κ1) is 11.7. The van der Waals surface area contributed by atoms with Gasteiger partial charge in [0.15, 0.2) is 11.4 Å². The van der Waals surface area contributed by atoms with Crippen molar-refractivity contribution >= 4 is 21.6 Å². The van der Waals surface area contributed by atoms with Gasteiger partial charge < -0.3 is 13.9 Å². The first-order chi connectivity index (χ1) is 9.28. The number of rotatable bonds is 3. The van der Waals surface area contributed by atoms with Gasteiger partial charge in [-0.1, -0.05) is 0 Å². The molecule has 0 N–H and O–H groups in total. The van der Waals surface area contributed by atoms with Crippen LogP contribution in [0.15, 0.2) is 22.9 Å². The molecule has 0 bridgehead atoms. The zero-order chi connectivity index (χ0) is 13.0. The second-order valence-electron chi connectivity index (χ2n) is 5.24. The lowest BCUT2D eigenvalue weighted by Gasteiger charge is -2.05. The number of pyridine rings is 1. The molecule has 0 aromatic carbocycles. The second kappa shape index (κ2) is 4.21. The van der Waals surface area contributed by atoms with Crippen LogP contribution in [0.3, 0.4) is 0 Å². The minimum absolute atomic E-state index is 0.585. The number of hydrogen-bond donors (Lipinski definition) is 0. The van der Waals surface area contributed by atoms with Crippen LogP contribution in [0, 0.1) is 11.8 Å². The summed E-state index contributed by atoms with van der Waals surface area (Å²) in [5.41, 5.74) is 2.09. The van der Waals surface area contributed by atoms with E-state index < -0.39 is 0 Å². The highest BCUT2D eigenvalue weighted by atomic mass is 79.9. The number of aromatic nitrogens is 2. The van der Waals surface area contributed by atoms with Crippen LogP contribution in [-0.4, -0.2) is 29.2 Å². The van der Waals surface area contributed by atoms with Crippen LogP contribution in [0.1, 0.15) is 18.5 Å². The Morgan fingerprint density at radius 3 is 2.95 bits per heavy atom. The number of nitrogens with zero attached hydrogens (tertiary/aromatic N) is 2. The Labute approximate surface area is 119 Å². The molecule has 1 saturated heterocycles. The minimum atomic E-state index is 0.585. The average molecular weight is 323 g/mol. The molecule has 1 aliphatic carbocycles. The fourth-order valence-corrected chi connectivity index (χ4v) is 3.58. The molecule has 0 spiro atoms. The van der Waals surface area contributed by atoms with Crippen LogP contribution in [0.4, 0.5) is 0 Å². The van der Waals surface area contributed by atoms with Gasteiger partial charge in [-0.2, -0.15) is 0 Å². The van der Waals surface area contributed by atoms with Crippen LogP contribution in [0.2, 0.25) is 0 Å². The van der Waals surface area contributed by atoms with E-state index >= 15 is 0 Å². The van der Waals surface area contributed by atoms with Crippen molar-refractivity contribution in [1.29, 1.82) is 0 Å². The molecule has 3 atom stereocenters. The fourth-order valence-electron chi connectivity index (χ4n) is 3.15. The standard InChI is InChI=1S/C14H15BrN2O2/c1-2-19-12-3-8(15)4-17-5-11(16-14(12)17)13-9-6-18-7-10(9)13/h3-5,9-10,13H,2,6-7H2,1H3/t9-,10+,13-. The third kappa shape index (κ3) is 1.79. The van der Waals surface area contributed by atoms with E-state index in [9.17, 15) is 0 Å². The molecule has 0 radical (unpaired) electrons. The molecule has 0 unspecified atom stereocenters. The third-order valence-corrected chi connectivity index (χ3v) is 4.53. The molecule has 3 heterocycles. The number of halogens is 1. The summed E-state index contributed by atoms with van der Waals surface area (Å²) in [6, 6.07) is 1.98. The highest BCUT2D eigenvalue weighted by Crippen LogP contribution is 2.57.